The molecule has 0 fully saturated rings. The SMILES string of the molecule is COc1ccc(CNN2CC=Cc3cnc(S(C)(=O)=O)nc32)cc1. The van der Waals surface area contributed by atoms with E-state index in [0.717, 1.165) is 23.1 Å². The third-order valence-corrected chi connectivity index (χ3v) is 4.44. The number of benzene rings is 1. The largest absolute Gasteiger partial charge is 0.497 e. The molecule has 1 aliphatic heterocycles. The predicted molar refractivity (Wildman–Crippen MR) is 91.4 cm³/mol. The van der Waals surface area contributed by atoms with Crippen LogP contribution in [0, 0.1) is 0 Å². The molecule has 2 aromatic rings. The smallest absolute Gasteiger partial charge is 0.248 e. The van der Waals surface area contributed by atoms with Crippen molar-refractivity contribution in [1.29, 1.82) is 0 Å². The van der Waals surface area contributed by atoms with E-state index >= 15 is 0 Å². The normalized spacial score (nSPS) is 13.7. The third kappa shape index (κ3) is 3.55. The summed E-state index contributed by atoms with van der Waals surface area (Å²) in [5, 5.41) is 1.64. The average molecular weight is 346 g/mol. The van der Waals surface area contributed by atoms with Crippen LogP contribution >= 0.6 is 0 Å². The molecule has 1 aromatic heterocycles. The Hall–Kier alpha value is -2.45. The number of hydrogen-bond acceptors (Lipinski definition) is 7. The van der Waals surface area contributed by atoms with Crippen LogP contribution in [-0.4, -0.2) is 38.3 Å². The summed E-state index contributed by atoms with van der Waals surface area (Å²) in [6, 6.07) is 7.72. The Morgan fingerprint density at radius 3 is 2.71 bits per heavy atom. The van der Waals surface area contributed by atoms with Crippen molar-refractivity contribution in [3.8, 4) is 5.75 Å². The van der Waals surface area contributed by atoms with Gasteiger partial charge in [-0.05, 0) is 17.7 Å². The molecular weight excluding hydrogens is 328 g/mol. The van der Waals surface area contributed by atoms with E-state index in [1.54, 1.807) is 7.11 Å². The van der Waals surface area contributed by atoms with Crippen molar-refractivity contribution in [2.75, 3.05) is 24.9 Å². The number of rotatable bonds is 5. The lowest BCUT2D eigenvalue weighted by Crippen LogP contribution is -2.40. The number of sulfone groups is 1. The van der Waals surface area contributed by atoms with Gasteiger partial charge >= 0.3 is 0 Å². The highest BCUT2D eigenvalue weighted by Gasteiger charge is 2.19. The predicted octanol–water partition coefficient (Wildman–Crippen LogP) is 1.43. The van der Waals surface area contributed by atoms with Crippen molar-refractivity contribution in [3.05, 3.63) is 47.7 Å². The van der Waals surface area contributed by atoms with Gasteiger partial charge in [0.15, 0.2) is 5.82 Å². The first-order valence-corrected chi connectivity index (χ1v) is 9.24. The zero-order chi connectivity index (χ0) is 17.2. The number of anilines is 1. The van der Waals surface area contributed by atoms with Gasteiger partial charge in [-0.2, -0.15) is 4.98 Å². The van der Waals surface area contributed by atoms with Gasteiger partial charge in [0.1, 0.15) is 5.75 Å². The highest BCUT2D eigenvalue weighted by atomic mass is 32.2. The van der Waals surface area contributed by atoms with Crippen molar-refractivity contribution in [2.45, 2.75) is 11.7 Å². The van der Waals surface area contributed by atoms with E-state index in [1.807, 2.05) is 41.4 Å². The summed E-state index contributed by atoms with van der Waals surface area (Å²) in [6.07, 6.45) is 6.47. The Morgan fingerprint density at radius 1 is 1.29 bits per heavy atom. The van der Waals surface area contributed by atoms with Gasteiger partial charge in [-0.3, -0.25) is 5.01 Å². The summed E-state index contributed by atoms with van der Waals surface area (Å²) in [5.41, 5.74) is 5.11. The number of fused-ring (bicyclic) bond motifs is 1. The van der Waals surface area contributed by atoms with Crippen molar-refractivity contribution in [2.24, 2.45) is 0 Å². The Morgan fingerprint density at radius 2 is 2.04 bits per heavy atom. The standard InChI is InChI=1S/C16H18N4O3S/c1-23-14-7-5-12(6-8-14)10-18-20-9-3-4-13-11-17-16(19-15(13)20)24(2,21)22/h3-8,11,18H,9-10H2,1-2H3. The first kappa shape index (κ1) is 16.4. The van der Waals surface area contributed by atoms with Crippen molar-refractivity contribution in [3.63, 3.8) is 0 Å². The van der Waals surface area contributed by atoms with Gasteiger partial charge in [-0.25, -0.2) is 18.8 Å². The molecule has 0 unspecified atom stereocenters. The maximum atomic E-state index is 11.7. The number of methoxy groups -OCH3 is 1. The number of nitrogens with one attached hydrogen (secondary N) is 1. The minimum atomic E-state index is -3.45. The highest BCUT2D eigenvalue weighted by Crippen LogP contribution is 2.23. The monoisotopic (exact) mass is 346 g/mol. The van der Waals surface area contributed by atoms with E-state index in [9.17, 15) is 8.42 Å². The lowest BCUT2D eigenvalue weighted by atomic mass is 10.2. The molecule has 0 saturated heterocycles. The van der Waals surface area contributed by atoms with Crippen LogP contribution in [0.5, 0.6) is 5.75 Å². The number of hydrazine groups is 1. The van der Waals surface area contributed by atoms with Crippen molar-refractivity contribution >= 4 is 21.7 Å². The third-order valence-electron chi connectivity index (χ3n) is 3.58. The average Bonchev–Trinajstić information content (AvgIpc) is 2.59. The maximum absolute atomic E-state index is 11.7. The zero-order valence-electron chi connectivity index (χ0n) is 13.4. The Labute approximate surface area is 140 Å². The van der Waals surface area contributed by atoms with Crippen LogP contribution in [0.4, 0.5) is 5.82 Å². The molecule has 24 heavy (non-hydrogen) atoms. The van der Waals surface area contributed by atoms with Crippen molar-refractivity contribution in [1.82, 2.24) is 15.4 Å². The molecule has 0 bridgehead atoms. The molecule has 0 amide bonds. The first-order chi connectivity index (χ1) is 11.5. The Kier molecular flexibility index (Phi) is 4.50. The fourth-order valence-corrected chi connectivity index (χ4v) is 2.82. The molecule has 0 saturated carbocycles. The number of ether oxygens (including phenoxy) is 1. The first-order valence-electron chi connectivity index (χ1n) is 7.35. The van der Waals surface area contributed by atoms with E-state index < -0.39 is 9.84 Å². The summed E-state index contributed by atoms with van der Waals surface area (Å²) >= 11 is 0. The van der Waals surface area contributed by atoms with Crippen LogP contribution in [0.1, 0.15) is 11.1 Å². The van der Waals surface area contributed by atoms with Crippen LogP contribution in [0.25, 0.3) is 6.08 Å². The molecule has 126 valence electrons. The van der Waals surface area contributed by atoms with Gasteiger partial charge in [-0.1, -0.05) is 24.3 Å². The molecule has 0 atom stereocenters. The molecule has 2 heterocycles. The van der Waals surface area contributed by atoms with Crippen LogP contribution in [0.2, 0.25) is 0 Å². The van der Waals surface area contributed by atoms with Gasteiger partial charge in [0.2, 0.25) is 15.0 Å². The molecule has 1 N–H and O–H groups in total. The molecular formula is C16H18N4O3S. The molecule has 0 spiro atoms. The molecule has 8 heteroatoms. The summed E-state index contributed by atoms with van der Waals surface area (Å²) in [7, 11) is -1.82. The second kappa shape index (κ2) is 6.58. The summed E-state index contributed by atoms with van der Waals surface area (Å²) < 4.78 is 28.5. The van der Waals surface area contributed by atoms with Crippen molar-refractivity contribution < 1.29 is 13.2 Å². The van der Waals surface area contributed by atoms with E-state index in [4.69, 9.17) is 4.74 Å². The summed E-state index contributed by atoms with van der Waals surface area (Å²) in [5.74, 6) is 1.36. The van der Waals surface area contributed by atoms with Crippen LogP contribution in [-0.2, 0) is 16.4 Å². The van der Waals surface area contributed by atoms with Gasteiger partial charge in [0.25, 0.3) is 0 Å². The number of aromatic nitrogens is 2. The number of hydrogen-bond donors (Lipinski definition) is 1. The van der Waals surface area contributed by atoms with E-state index in [2.05, 4.69) is 15.4 Å². The van der Waals surface area contributed by atoms with E-state index in [0.29, 0.717) is 18.9 Å². The molecule has 0 radical (unpaired) electrons. The van der Waals surface area contributed by atoms with E-state index in [-0.39, 0.29) is 5.16 Å². The Balaban J connectivity index is 1.79. The quantitative estimate of drug-likeness (QED) is 0.820. The minimum Gasteiger partial charge on any atom is -0.497 e. The lowest BCUT2D eigenvalue weighted by molar-refractivity contribution is 0.414. The van der Waals surface area contributed by atoms with Crippen LogP contribution in [0.3, 0.4) is 0 Å². The zero-order valence-corrected chi connectivity index (χ0v) is 14.2. The lowest BCUT2D eigenvalue weighted by Gasteiger charge is -2.27. The van der Waals surface area contributed by atoms with Crippen LogP contribution < -0.4 is 15.2 Å². The fraction of sp³-hybridized carbons (Fsp3) is 0.250. The minimum absolute atomic E-state index is 0.173. The molecule has 0 aliphatic carbocycles. The topological polar surface area (TPSA) is 84.4 Å². The molecule has 1 aliphatic rings. The van der Waals surface area contributed by atoms with Gasteiger partial charge in [0.05, 0.1) is 13.7 Å². The van der Waals surface area contributed by atoms with Gasteiger partial charge < -0.3 is 4.74 Å². The number of nitrogens with zero attached hydrogens (tertiary/aromatic N) is 3. The van der Waals surface area contributed by atoms with Crippen LogP contribution in [0.15, 0.2) is 41.7 Å². The highest BCUT2D eigenvalue weighted by molar-refractivity contribution is 7.90. The maximum Gasteiger partial charge on any atom is 0.248 e. The molecule has 1 aromatic carbocycles. The van der Waals surface area contributed by atoms with Gasteiger partial charge in [0, 0.05) is 24.6 Å². The molecule has 3 rings (SSSR count). The second-order valence-electron chi connectivity index (χ2n) is 5.40. The molecule has 7 nitrogen and oxygen atoms in total. The second-order valence-corrected chi connectivity index (χ2v) is 7.31. The van der Waals surface area contributed by atoms with Gasteiger partial charge in [-0.15, -0.1) is 0 Å². The summed E-state index contributed by atoms with van der Waals surface area (Å²) in [4.78, 5) is 8.12. The fourth-order valence-electron chi connectivity index (χ4n) is 2.32. The van der Waals surface area contributed by atoms with E-state index in [1.165, 1.54) is 6.20 Å². The summed E-state index contributed by atoms with van der Waals surface area (Å²) in [6.45, 7) is 1.17. The Bertz CT molecular complexity index is 863.